The molecule has 1 amide bonds. The summed E-state index contributed by atoms with van der Waals surface area (Å²) in [5.41, 5.74) is 6.99. The first-order valence-corrected chi connectivity index (χ1v) is 7.69. The molecule has 3 N–H and O–H groups in total. The SMILES string of the molecule is CCCCCCC(C)NC(=O)c1ccc(N)c(Br)c1. The van der Waals surface area contributed by atoms with Crippen LogP contribution in [0.3, 0.4) is 0 Å². The van der Waals surface area contributed by atoms with Crippen LogP contribution in [-0.4, -0.2) is 11.9 Å². The first kappa shape index (κ1) is 16.0. The first-order valence-electron chi connectivity index (χ1n) is 6.90. The molecule has 19 heavy (non-hydrogen) atoms. The van der Waals surface area contributed by atoms with Crippen molar-refractivity contribution in [3.63, 3.8) is 0 Å². The van der Waals surface area contributed by atoms with Gasteiger partial charge in [-0.05, 0) is 47.5 Å². The van der Waals surface area contributed by atoms with Gasteiger partial charge < -0.3 is 11.1 Å². The van der Waals surface area contributed by atoms with E-state index < -0.39 is 0 Å². The second kappa shape index (κ2) is 8.20. The predicted octanol–water partition coefficient (Wildman–Crippen LogP) is 4.12. The fraction of sp³-hybridized carbons (Fsp3) is 0.533. The lowest BCUT2D eigenvalue weighted by molar-refractivity contribution is 0.0938. The molecule has 0 fully saturated rings. The molecule has 106 valence electrons. The molecule has 0 radical (unpaired) electrons. The molecule has 0 bridgehead atoms. The quantitative estimate of drug-likeness (QED) is 0.585. The second-order valence-electron chi connectivity index (χ2n) is 4.96. The summed E-state index contributed by atoms with van der Waals surface area (Å²) in [6.45, 7) is 4.25. The van der Waals surface area contributed by atoms with Crippen LogP contribution in [0.2, 0.25) is 0 Å². The Kier molecular flexibility index (Phi) is 6.92. The molecule has 1 atom stereocenters. The molecule has 3 nitrogen and oxygen atoms in total. The van der Waals surface area contributed by atoms with Crippen molar-refractivity contribution in [1.82, 2.24) is 5.32 Å². The molecule has 0 spiro atoms. The monoisotopic (exact) mass is 326 g/mol. The molecule has 0 aliphatic rings. The number of hydrogen-bond acceptors (Lipinski definition) is 2. The summed E-state index contributed by atoms with van der Waals surface area (Å²) >= 11 is 3.33. The van der Waals surface area contributed by atoms with E-state index in [2.05, 4.69) is 35.1 Å². The van der Waals surface area contributed by atoms with Gasteiger partial charge >= 0.3 is 0 Å². The summed E-state index contributed by atoms with van der Waals surface area (Å²) < 4.78 is 0.760. The Morgan fingerprint density at radius 1 is 1.37 bits per heavy atom. The molecule has 0 aromatic heterocycles. The molecule has 0 saturated heterocycles. The Balaban J connectivity index is 2.43. The molecule has 0 aliphatic carbocycles. The first-order chi connectivity index (χ1) is 9.04. The lowest BCUT2D eigenvalue weighted by atomic mass is 10.1. The van der Waals surface area contributed by atoms with Crippen LogP contribution in [0.4, 0.5) is 5.69 Å². The lowest BCUT2D eigenvalue weighted by Gasteiger charge is -2.14. The molecule has 0 aliphatic heterocycles. The Morgan fingerprint density at radius 3 is 2.74 bits per heavy atom. The van der Waals surface area contributed by atoms with Gasteiger partial charge in [0.05, 0.1) is 0 Å². The molecule has 1 aromatic carbocycles. The largest absolute Gasteiger partial charge is 0.398 e. The van der Waals surface area contributed by atoms with Crippen LogP contribution >= 0.6 is 15.9 Å². The van der Waals surface area contributed by atoms with Crippen LogP contribution in [0.25, 0.3) is 0 Å². The summed E-state index contributed by atoms with van der Waals surface area (Å²) in [7, 11) is 0. The van der Waals surface area contributed by atoms with Crippen molar-refractivity contribution in [2.75, 3.05) is 5.73 Å². The fourth-order valence-corrected chi connectivity index (χ4v) is 2.30. The maximum atomic E-state index is 12.0. The molecule has 1 unspecified atom stereocenters. The van der Waals surface area contributed by atoms with Gasteiger partial charge in [0.1, 0.15) is 0 Å². The van der Waals surface area contributed by atoms with E-state index in [1.165, 1.54) is 25.7 Å². The molecular weight excluding hydrogens is 304 g/mol. The normalized spacial score (nSPS) is 12.2. The Bertz CT molecular complexity index is 421. The number of hydrogen-bond donors (Lipinski definition) is 2. The third kappa shape index (κ3) is 5.64. The van der Waals surface area contributed by atoms with Gasteiger partial charge in [0.2, 0.25) is 0 Å². The minimum absolute atomic E-state index is 0.0382. The van der Waals surface area contributed by atoms with Crippen molar-refractivity contribution in [2.24, 2.45) is 0 Å². The van der Waals surface area contributed by atoms with Crippen molar-refractivity contribution < 1.29 is 4.79 Å². The third-order valence-electron chi connectivity index (χ3n) is 3.13. The minimum Gasteiger partial charge on any atom is -0.398 e. The van der Waals surface area contributed by atoms with Gasteiger partial charge in [-0.3, -0.25) is 4.79 Å². The number of nitrogens with two attached hydrogens (primary N) is 1. The summed E-state index contributed by atoms with van der Waals surface area (Å²) in [6, 6.07) is 5.46. The van der Waals surface area contributed by atoms with E-state index in [4.69, 9.17) is 5.73 Å². The average molecular weight is 327 g/mol. The number of unbranched alkanes of at least 4 members (excludes halogenated alkanes) is 3. The third-order valence-corrected chi connectivity index (χ3v) is 3.82. The molecule has 1 rings (SSSR count). The zero-order valence-corrected chi connectivity index (χ0v) is 13.3. The van der Waals surface area contributed by atoms with Gasteiger partial charge in [0, 0.05) is 21.8 Å². The predicted molar refractivity (Wildman–Crippen MR) is 84.2 cm³/mol. The number of rotatable bonds is 7. The standard InChI is InChI=1S/C15H23BrN2O/c1-3-4-5-6-7-11(2)18-15(19)12-8-9-14(17)13(16)10-12/h8-11H,3-7,17H2,1-2H3,(H,18,19). The highest BCUT2D eigenvalue weighted by atomic mass is 79.9. The molecule has 1 aromatic rings. The Hall–Kier alpha value is -1.03. The van der Waals surface area contributed by atoms with E-state index in [0.717, 1.165) is 10.9 Å². The maximum absolute atomic E-state index is 12.0. The smallest absolute Gasteiger partial charge is 0.251 e. The number of nitrogen functional groups attached to an aromatic ring is 1. The van der Waals surface area contributed by atoms with Gasteiger partial charge in [-0.2, -0.15) is 0 Å². The van der Waals surface area contributed by atoms with Crippen molar-refractivity contribution in [2.45, 2.75) is 52.0 Å². The zero-order chi connectivity index (χ0) is 14.3. The van der Waals surface area contributed by atoms with Gasteiger partial charge in [-0.25, -0.2) is 0 Å². The zero-order valence-electron chi connectivity index (χ0n) is 11.7. The van der Waals surface area contributed by atoms with Crippen LogP contribution in [0.5, 0.6) is 0 Å². The van der Waals surface area contributed by atoms with Crippen LogP contribution in [0.1, 0.15) is 56.3 Å². The average Bonchev–Trinajstić information content (AvgIpc) is 2.38. The Morgan fingerprint density at radius 2 is 2.11 bits per heavy atom. The molecule has 0 heterocycles. The highest BCUT2D eigenvalue weighted by Crippen LogP contribution is 2.20. The van der Waals surface area contributed by atoms with E-state index in [-0.39, 0.29) is 11.9 Å². The van der Waals surface area contributed by atoms with Crippen LogP contribution in [-0.2, 0) is 0 Å². The van der Waals surface area contributed by atoms with Gasteiger partial charge in [0.25, 0.3) is 5.91 Å². The lowest BCUT2D eigenvalue weighted by Crippen LogP contribution is -2.32. The number of carbonyl (C=O) groups excluding carboxylic acids is 1. The summed E-state index contributed by atoms with van der Waals surface area (Å²) in [5, 5.41) is 3.02. The number of anilines is 1. The van der Waals surface area contributed by atoms with E-state index in [0.29, 0.717) is 11.3 Å². The van der Waals surface area contributed by atoms with E-state index in [1.54, 1.807) is 18.2 Å². The van der Waals surface area contributed by atoms with Gasteiger partial charge in [0.15, 0.2) is 0 Å². The van der Waals surface area contributed by atoms with Crippen LogP contribution < -0.4 is 11.1 Å². The Labute approximate surface area is 124 Å². The summed E-state index contributed by atoms with van der Waals surface area (Å²) in [5.74, 6) is -0.0382. The number of carbonyl (C=O) groups is 1. The topological polar surface area (TPSA) is 55.1 Å². The summed E-state index contributed by atoms with van der Waals surface area (Å²) in [4.78, 5) is 12.0. The molecule has 4 heteroatoms. The fourth-order valence-electron chi connectivity index (χ4n) is 1.92. The highest BCUT2D eigenvalue weighted by molar-refractivity contribution is 9.10. The number of halogens is 1. The number of amides is 1. The number of nitrogens with one attached hydrogen (secondary N) is 1. The van der Waals surface area contributed by atoms with Crippen LogP contribution in [0.15, 0.2) is 22.7 Å². The molecular formula is C15H23BrN2O. The number of benzene rings is 1. The highest BCUT2D eigenvalue weighted by Gasteiger charge is 2.10. The van der Waals surface area contributed by atoms with Crippen LogP contribution in [0, 0.1) is 0 Å². The van der Waals surface area contributed by atoms with Gasteiger partial charge in [-0.15, -0.1) is 0 Å². The van der Waals surface area contributed by atoms with Crippen molar-refractivity contribution in [1.29, 1.82) is 0 Å². The second-order valence-corrected chi connectivity index (χ2v) is 5.81. The minimum atomic E-state index is -0.0382. The van der Waals surface area contributed by atoms with Crippen molar-refractivity contribution in [3.8, 4) is 0 Å². The summed E-state index contributed by atoms with van der Waals surface area (Å²) in [6.07, 6.45) is 5.94. The molecule has 0 saturated carbocycles. The van der Waals surface area contributed by atoms with E-state index >= 15 is 0 Å². The van der Waals surface area contributed by atoms with Crippen molar-refractivity contribution in [3.05, 3.63) is 28.2 Å². The van der Waals surface area contributed by atoms with Gasteiger partial charge in [-0.1, -0.05) is 32.6 Å². The maximum Gasteiger partial charge on any atom is 0.251 e. The van der Waals surface area contributed by atoms with Crippen molar-refractivity contribution >= 4 is 27.5 Å². The van der Waals surface area contributed by atoms with E-state index in [1.807, 2.05) is 0 Å². The van der Waals surface area contributed by atoms with E-state index in [9.17, 15) is 4.79 Å².